The molecule has 76 heavy (non-hydrogen) atoms. The highest BCUT2D eigenvalue weighted by atomic mass is 16.7. The summed E-state index contributed by atoms with van der Waals surface area (Å²) < 4.78 is 17.6. The first kappa shape index (κ1) is 70.9. The SMILES string of the molecule is CC/C=C\C/C=C\C/C=C\C/C=C\C/C=C\CCC(O)C(=O)NC(COC1OC(CO)C(O)C(O)C1OC(=O)CCCCCCCCCCC/C=C/CCCCCCCC)C(O)/C=C/CCCCCCCCCCCC. The molecule has 11 nitrogen and oxygen atoms in total. The summed E-state index contributed by atoms with van der Waals surface area (Å²) >= 11 is 0. The summed E-state index contributed by atoms with van der Waals surface area (Å²) in [6.45, 7) is 5.63. The van der Waals surface area contributed by atoms with E-state index in [1.807, 2.05) is 18.2 Å². The Kier molecular flexibility index (Phi) is 49.0. The molecule has 1 amide bonds. The molecular formula is C65H113NO10. The molecule has 1 aliphatic heterocycles. The molecule has 8 unspecified atom stereocenters. The first-order chi connectivity index (χ1) is 37.2. The Morgan fingerprint density at radius 2 is 0.947 bits per heavy atom. The van der Waals surface area contributed by atoms with E-state index in [0.717, 1.165) is 77.0 Å². The second-order valence-corrected chi connectivity index (χ2v) is 21.0. The van der Waals surface area contributed by atoms with E-state index in [-0.39, 0.29) is 19.4 Å². The van der Waals surface area contributed by atoms with E-state index in [9.17, 15) is 35.1 Å². The van der Waals surface area contributed by atoms with Crippen molar-refractivity contribution in [2.24, 2.45) is 0 Å². The fourth-order valence-corrected chi connectivity index (χ4v) is 9.15. The molecule has 6 N–H and O–H groups in total. The number of ether oxygens (including phenoxy) is 3. The minimum Gasteiger partial charge on any atom is -0.454 e. The summed E-state index contributed by atoms with van der Waals surface area (Å²) in [5.74, 6) is -1.26. The first-order valence-electron chi connectivity index (χ1n) is 30.9. The molecule has 0 aromatic carbocycles. The Morgan fingerprint density at radius 3 is 1.42 bits per heavy atom. The van der Waals surface area contributed by atoms with Crippen LogP contribution in [0.25, 0.3) is 0 Å². The van der Waals surface area contributed by atoms with Gasteiger partial charge in [0, 0.05) is 6.42 Å². The number of hydrogen-bond donors (Lipinski definition) is 6. The van der Waals surface area contributed by atoms with Gasteiger partial charge in [-0.3, -0.25) is 9.59 Å². The van der Waals surface area contributed by atoms with E-state index in [0.29, 0.717) is 12.8 Å². The van der Waals surface area contributed by atoms with E-state index in [1.54, 1.807) is 6.08 Å². The van der Waals surface area contributed by atoms with E-state index < -0.39 is 67.4 Å². The standard InChI is InChI=1S/C65H113NO10/c1-4-7-10-13-16-19-22-25-27-29-30-31-33-35-38-41-44-47-50-53-60(70)76-63-62(72)61(71)59(54-67)75-65(63)74-55-56(57(68)51-48-45-42-39-36-24-21-18-15-12-9-6-3)66-64(73)58(69)52-49-46-43-40-37-34-32-28-26-23-20-17-14-11-8-5-2/h8,11,17,20,25-28,34,37,43,46,48,51,56-59,61-63,65,67-69,71-72H,4-7,9-10,12-16,18-19,21-24,29-33,35-36,38-42,44-45,47,49-50,52-55H2,1-3H3,(H,66,73)/b11-8-,20-17-,27-25+,28-26-,37-34-,46-43-,51-48+. The molecule has 0 saturated carbocycles. The summed E-state index contributed by atoms with van der Waals surface area (Å²) in [6.07, 6.45) is 57.7. The molecule has 1 heterocycles. The quantitative estimate of drug-likeness (QED) is 0.0195. The lowest BCUT2D eigenvalue weighted by Gasteiger charge is -2.41. The third-order valence-electron chi connectivity index (χ3n) is 14.0. The minimum absolute atomic E-state index is 0.112. The maximum atomic E-state index is 13.4. The van der Waals surface area contributed by atoms with Crippen LogP contribution in [-0.2, 0) is 23.8 Å². The number of amides is 1. The zero-order valence-corrected chi connectivity index (χ0v) is 48.3. The highest BCUT2D eigenvalue weighted by molar-refractivity contribution is 5.80. The summed E-state index contributed by atoms with van der Waals surface area (Å²) in [5.41, 5.74) is 0. The Hall–Kier alpha value is -3.16. The summed E-state index contributed by atoms with van der Waals surface area (Å²) in [7, 11) is 0. The second kappa shape index (κ2) is 52.5. The lowest BCUT2D eigenvalue weighted by molar-refractivity contribution is -0.305. The molecule has 1 saturated heterocycles. The van der Waals surface area contributed by atoms with Crippen LogP contribution in [-0.4, -0.2) is 99.6 Å². The average Bonchev–Trinajstić information content (AvgIpc) is 3.42. The molecule has 0 aromatic heterocycles. The molecule has 0 spiro atoms. The topological polar surface area (TPSA) is 175 Å². The number of aliphatic hydroxyl groups excluding tert-OH is 5. The van der Waals surface area contributed by atoms with Crippen LogP contribution in [0, 0.1) is 0 Å². The Balaban J connectivity index is 2.72. The maximum absolute atomic E-state index is 13.4. The zero-order chi connectivity index (χ0) is 55.4. The number of carbonyl (C=O) groups excluding carboxylic acids is 2. The van der Waals surface area contributed by atoms with Gasteiger partial charge in [0.1, 0.15) is 24.4 Å². The van der Waals surface area contributed by atoms with Crippen LogP contribution in [0.1, 0.15) is 252 Å². The third-order valence-corrected chi connectivity index (χ3v) is 14.0. The third kappa shape index (κ3) is 40.1. The van der Waals surface area contributed by atoms with Crippen molar-refractivity contribution in [3.63, 3.8) is 0 Å². The van der Waals surface area contributed by atoms with Gasteiger partial charge in [-0.15, -0.1) is 0 Å². The highest BCUT2D eigenvalue weighted by Gasteiger charge is 2.47. The van der Waals surface area contributed by atoms with Crippen molar-refractivity contribution >= 4 is 11.9 Å². The summed E-state index contributed by atoms with van der Waals surface area (Å²) in [4.78, 5) is 26.5. The van der Waals surface area contributed by atoms with Crippen LogP contribution < -0.4 is 5.32 Å². The Morgan fingerprint density at radius 1 is 0.526 bits per heavy atom. The van der Waals surface area contributed by atoms with Crippen LogP contribution >= 0.6 is 0 Å². The molecule has 1 rings (SSSR count). The van der Waals surface area contributed by atoms with Gasteiger partial charge in [0.05, 0.1) is 25.4 Å². The molecule has 1 aliphatic rings. The number of carbonyl (C=O) groups is 2. The molecule has 11 heteroatoms. The highest BCUT2D eigenvalue weighted by Crippen LogP contribution is 2.26. The first-order valence-corrected chi connectivity index (χ1v) is 30.9. The van der Waals surface area contributed by atoms with Crippen molar-refractivity contribution in [1.29, 1.82) is 0 Å². The van der Waals surface area contributed by atoms with Crippen LogP contribution in [0.3, 0.4) is 0 Å². The van der Waals surface area contributed by atoms with Crippen molar-refractivity contribution in [1.82, 2.24) is 5.32 Å². The largest absolute Gasteiger partial charge is 0.454 e. The predicted molar refractivity (Wildman–Crippen MR) is 315 cm³/mol. The van der Waals surface area contributed by atoms with Gasteiger partial charge in [-0.05, 0) is 89.9 Å². The van der Waals surface area contributed by atoms with Gasteiger partial charge in [-0.25, -0.2) is 0 Å². The van der Waals surface area contributed by atoms with Gasteiger partial charge in [0.2, 0.25) is 5.91 Å². The van der Waals surface area contributed by atoms with Gasteiger partial charge >= 0.3 is 5.97 Å². The van der Waals surface area contributed by atoms with E-state index in [2.05, 4.69) is 86.8 Å². The van der Waals surface area contributed by atoms with Crippen molar-refractivity contribution < 1.29 is 49.3 Å². The molecular weight excluding hydrogens is 955 g/mol. The van der Waals surface area contributed by atoms with Gasteiger partial charge < -0.3 is 45.1 Å². The lowest BCUT2D eigenvalue weighted by Crippen LogP contribution is -2.61. The molecule has 0 bridgehead atoms. The normalized spacial score (nSPS) is 19.7. The number of nitrogens with one attached hydrogen (secondary N) is 1. The van der Waals surface area contributed by atoms with E-state index in [4.69, 9.17) is 14.2 Å². The van der Waals surface area contributed by atoms with Crippen molar-refractivity contribution in [2.75, 3.05) is 13.2 Å². The van der Waals surface area contributed by atoms with Crippen LogP contribution in [0.2, 0.25) is 0 Å². The Labute approximate surface area is 463 Å². The number of aliphatic hydroxyl groups is 5. The van der Waals surface area contributed by atoms with Crippen LogP contribution in [0.4, 0.5) is 0 Å². The zero-order valence-electron chi connectivity index (χ0n) is 48.3. The van der Waals surface area contributed by atoms with Crippen molar-refractivity contribution in [2.45, 2.75) is 301 Å². The lowest BCUT2D eigenvalue weighted by atomic mass is 9.99. The van der Waals surface area contributed by atoms with E-state index >= 15 is 0 Å². The fourth-order valence-electron chi connectivity index (χ4n) is 9.15. The second-order valence-electron chi connectivity index (χ2n) is 21.0. The number of allylic oxidation sites excluding steroid dienone is 13. The van der Waals surface area contributed by atoms with Crippen molar-refractivity contribution in [3.8, 4) is 0 Å². The number of hydrogen-bond acceptors (Lipinski definition) is 10. The maximum Gasteiger partial charge on any atom is 0.306 e. The van der Waals surface area contributed by atoms with E-state index in [1.165, 1.54) is 128 Å². The Bertz CT molecular complexity index is 1560. The van der Waals surface area contributed by atoms with Crippen LogP contribution in [0.15, 0.2) is 85.1 Å². The van der Waals surface area contributed by atoms with Gasteiger partial charge in [0.15, 0.2) is 12.4 Å². The van der Waals surface area contributed by atoms with Crippen LogP contribution in [0.5, 0.6) is 0 Å². The number of rotatable bonds is 51. The average molecular weight is 1070 g/mol. The number of unbranched alkanes of at least 4 members (excludes halogenated alkanes) is 25. The predicted octanol–water partition coefficient (Wildman–Crippen LogP) is 14.6. The molecule has 0 aromatic rings. The smallest absolute Gasteiger partial charge is 0.306 e. The van der Waals surface area contributed by atoms with Crippen molar-refractivity contribution in [3.05, 3.63) is 85.1 Å². The number of esters is 1. The summed E-state index contributed by atoms with van der Waals surface area (Å²) in [5, 5.41) is 56.9. The fraction of sp³-hybridized carbons (Fsp3) is 0.754. The monoisotopic (exact) mass is 1070 g/mol. The molecule has 438 valence electrons. The summed E-state index contributed by atoms with van der Waals surface area (Å²) in [6, 6.07) is -1.06. The van der Waals surface area contributed by atoms with Gasteiger partial charge in [-0.1, -0.05) is 241 Å². The molecule has 1 fully saturated rings. The minimum atomic E-state index is -1.63. The molecule has 0 aliphatic carbocycles. The molecule has 8 atom stereocenters. The van der Waals surface area contributed by atoms with Gasteiger partial charge in [0.25, 0.3) is 0 Å². The van der Waals surface area contributed by atoms with Gasteiger partial charge in [-0.2, -0.15) is 0 Å². The molecule has 0 radical (unpaired) electrons.